The summed E-state index contributed by atoms with van der Waals surface area (Å²) in [6, 6.07) is 1.88. The van der Waals surface area contributed by atoms with E-state index in [0.29, 0.717) is 29.6 Å². The molecule has 0 bridgehead atoms. The van der Waals surface area contributed by atoms with Gasteiger partial charge in [-0.1, -0.05) is 32.5 Å². The first-order valence-electron chi connectivity index (χ1n) is 10.7. The van der Waals surface area contributed by atoms with Crippen LogP contribution < -0.4 is 11.2 Å². The average molecular weight is 474 g/mol. The summed E-state index contributed by atoms with van der Waals surface area (Å²) in [5.41, 5.74) is 1.46. The van der Waals surface area contributed by atoms with E-state index in [4.69, 9.17) is 4.74 Å². The van der Waals surface area contributed by atoms with Crippen LogP contribution in [0.15, 0.2) is 20.7 Å². The molecule has 0 amide bonds. The predicted molar refractivity (Wildman–Crippen MR) is 130 cm³/mol. The standard InChI is InChI=1S/C23H31N5O4S/c1-13-11-15(14(2)28(13)9-10-32-8)16(29)12-33-19-17-18(24-21(25-19)23(3,4)5)26(6)22(31)27(7)20(17)30/h11H,9-10,12H2,1-8H3. The summed E-state index contributed by atoms with van der Waals surface area (Å²) < 4.78 is 9.62. The maximum Gasteiger partial charge on any atom is 0.332 e. The molecule has 0 atom stereocenters. The van der Waals surface area contributed by atoms with Gasteiger partial charge in [0.15, 0.2) is 11.4 Å². The number of thioether (sulfide) groups is 1. The van der Waals surface area contributed by atoms with Gasteiger partial charge in [0.2, 0.25) is 0 Å². The lowest BCUT2D eigenvalue weighted by atomic mass is 9.96. The Morgan fingerprint density at radius 1 is 1.12 bits per heavy atom. The Labute approximate surface area is 196 Å². The molecular weight excluding hydrogens is 442 g/mol. The van der Waals surface area contributed by atoms with E-state index in [1.165, 1.54) is 23.4 Å². The van der Waals surface area contributed by atoms with Crippen molar-refractivity contribution in [3.05, 3.63) is 49.7 Å². The number of Topliss-reactive ketones (excluding diaryl/α,β-unsaturated/α-hetero) is 1. The molecule has 0 aliphatic heterocycles. The number of fused-ring (bicyclic) bond motifs is 1. The second-order valence-electron chi connectivity index (χ2n) is 9.15. The molecule has 10 heteroatoms. The van der Waals surface area contributed by atoms with Gasteiger partial charge in [0, 0.05) is 50.1 Å². The van der Waals surface area contributed by atoms with Crippen LogP contribution in [0, 0.1) is 13.8 Å². The van der Waals surface area contributed by atoms with Crippen LogP contribution in [0.1, 0.15) is 48.3 Å². The highest BCUT2D eigenvalue weighted by Gasteiger charge is 2.24. The minimum atomic E-state index is -0.471. The van der Waals surface area contributed by atoms with Gasteiger partial charge >= 0.3 is 5.69 Å². The van der Waals surface area contributed by atoms with E-state index in [9.17, 15) is 14.4 Å². The molecule has 178 valence electrons. The van der Waals surface area contributed by atoms with Gasteiger partial charge in [-0.05, 0) is 19.9 Å². The van der Waals surface area contributed by atoms with Crippen molar-refractivity contribution in [2.24, 2.45) is 14.1 Å². The third-order valence-corrected chi connectivity index (χ3v) is 6.65. The lowest BCUT2D eigenvalue weighted by Gasteiger charge is -2.19. The van der Waals surface area contributed by atoms with E-state index in [1.807, 2.05) is 40.7 Å². The molecule has 0 N–H and O–H groups in total. The van der Waals surface area contributed by atoms with Crippen molar-refractivity contribution >= 4 is 28.6 Å². The van der Waals surface area contributed by atoms with Gasteiger partial charge in [-0.3, -0.25) is 18.7 Å². The van der Waals surface area contributed by atoms with Crippen molar-refractivity contribution in [1.29, 1.82) is 0 Å². The summed E-state index contributed by atoms with van der Waals surface area (Å²) in [5.74, 6) is 0.560. The fourth-order valence-corrected chi connectivity index (χ4v) is 4.59. The van der Waals surface area contributed by atoms with Crippen LogP contribution in [0.4, 0.5) is 0 Å². The van der Waals surface area contributed by atoms with Gasteiger partial charge < -0.3 is 9.30 Å². The van der Waals surface area contributed by atoms with Gasteiger partial charge in [0.05, 0.1) is 12.4 Å². The van der Waals surface area contributed by atoms with Crippen molar-refractivity contribution in [1.82, 2.24) is 23.7 Å². The number of nitrogens with zero attached hydrogens (tertiary/aromatic N) is 5. The van der Waals surface area contributed by atoms with E-state index < -0.39 is 16.7 Å². The Kier molecular flexibility index (Phi) is 6.99. The van der Waals surface area contributed by atoms with E-state index in [0.717, 1.165) is 16.0 Å². The molecule has 3 heterocycles. The predicted octanol–water partition coefficient (Wildman–Crippen LogP) is 2.36. The summed E-state index contributed by atoms with van der Waals surface area (Å²) >= 11 is 1.20. The van der Waals surface area contributed by atoms with Crippen LogP contribution in [0.25, 0.3) is 11.0 Å². The maximum absolute atomic E-state index is 13.1. The molecule has 0 fully saturated rings. The Balaban J connectivity index is 2.05. The molecule has 9 nitrogen and oxygen atoms in total. The number of hydrogen-bond donors (Lipinski definition) is 0. The number of ketones is 1. The number of aromatic nitrogens is 5. The van der Waals surface area contributed by atoms with Gasteiger partial charge in [-0.15, -0.1) is 0 Å². The quantitative estimate of drug-likeness (QED) is 0.295. The molecule has 0 saturated heterocycles. The highest BCUT2D eigenvalue weighted by atomic mass is 32.2. The number of methoxy groups -OCH3 is 1. The first-order chi connectivity index (χ1) is 15.4. The largest absolute Gasteiger partial charge is 0.383 e. The minimum Gasteiger partial charge on any atom is -0.383 e. The number of rotatable bonds is 7. The van der Waals surface area contributed by atoms with E-state index >= 15 is 0 Å². The van der Waals surface area contributed by atoms with Crippen LogP contribution in [-0.2, 0) is 30.8 Å². The molecule has 0 saturated carbocycles. The Bertz CT molecular complexity index is 1340. The average Bonchev–Trinajstić information content (AvgIpc) is 3.05. The third kappa shape index (κ3) is 4.67. The zero-order valence-electron chi connectivity index (χ0n) is 20.5. The second-order valence-corrected chi connectivity index (χ2v) is 10.1. The lowest BCUT2D eigenvalue weighted by molar-refractivity contribution is 0.102. The normalized spacial score (nSPS) is 12.0. The monoisotopic (exact) mass is 473 g/mol. The first kappa shape index (κ1) is 24.9. The summed E-state index contributed by atoms with van der Waals surface area (Å²) in [6.45, 7) is 11.0. The third-order valence-electron chi connectivity index (χ3n) is 5.67. The van der Waals surface area contributed by atoms with Crippen molar-refractivity contribution in [3.8, 4) is 0 Å². The van der Waals surface area contributed by atoms with Crippen molar-refractivity contribution in [3.63, 3.8) is 0 Å². The molecule has 0 aromatic carbocycles. The molecule has 0 unspecified atom stereocenters. The van der Waals surface area contributed by atoms with Crippen LogP contribution in [0.3, 0.4) is 0 Å². The minimum absolute atomic E-state index is 0.0533. The zero-order chi connectivity index (χ0) is 24.7. The van der Waals surface area contributed by atoms with Gasteiger partial charge in [0.25, 0.3) is 5.56 Å². The number of aryl methyl sites for hydroxylation is 2. The summed E-state index contributed by atoms with van der Waals surface area (Å²) in [6.07, 6.45) is 0. The van der Waals surface area contributed by atoms with Gasteiger partial charge in [-0.25, -0.2) is 14.8 Å². The Morgan fingerprint density at radius 2 is 1.79 bits per heavy atom. The zero-order valence-corrected chi connectivity index (χ0v) is 21.3. The Morgan fingerprint density at radius 3 is 2.39 bits per heavy atom. The lowest BCUT2D eigenvalue weighted by Crippen LogP contribution is -2.38. The SMILES string of the molecule is COCCn1c(C)cc(C(=O)CSc2nc(C(C)(C)C)nc3c2c(=O)n(C)c(=O)n3C)c1C. The van der Waals surface area contributed by atoms with E-state index in [1.54, 1.807) is 14.2 Å². The van der Waals surface area contributed by atoms with Crippen LogP contribution in [0.2, 0.25) is 0 Å². The van der Waals surface area contributed by atoms with Crippen molar-refractivity contribution in [2.75, 3.05) is 19.5 Å². The maximum atomic E-state index is 13.1. The van der Waals surface area contributed by atoms with Gasteiger partial charge in [0.1, 0.15) is 16.2 Å². The van der Waals surface area contributed by atoms with Crippen molar-refractivity contribution in [2.45, 2.75) is 51.6 Å². The number of ether oxygens (including phenoxy) is 1. The number of hydrogen-bond acceptors (Lipinski definition) is 7. The molecule has 3 rings (SSSR count). The Hall–Kier alpha value is -2.72. The van der Waals surface area contributed by atoms with Crippen molar-refractivity contribution < 1.29 is 9.53 Å². The van der Waals surface area contributed by atoms with E-state index in [2.05, 4.69) is 14.5 Å². The molecular formula is C23H31N5O4S. The number of carbonyl (C=O) groups is 1. The second kappa shape index (κ2) is 9.26. The molecule has 3 aromatic heterocycles. The topological polar surface area (TPSA) is 101 Å². The molecule has 0 aliphatic rings. The van der Waals surface area contributed by atoms with Gasteiger partial charge in [-0.2, -0.15) is 0 Å². The molecule has 0 radical (unpaired) electrons. The molecule has 33 heavy (non-hydrogen) atoms. The van der Waals surface area contributed by atoms with Crippen LogP contribution >= 0.6 is 11.8 Å². The highest BCUT2D eigenvalue weighted by molar-refractivity contribution is 8.00. The molecule has 3 aromatic rings. The summed E-state index contributed by atoms with van der Waals surface area (Å²) in [4.78, 5) is 47.7. The number of carbonyl (C=O) groups excluding carboxylic acids is 1. The fourth-order valence-electron chi connectivity index (χ4n) is 3.69. The van der Waals surface area contributed by atoms with Crippen LogP contribution in [-0.4, -0.2) is 48.9 Å². The summed E-state index contributed by atoms with van der Waals surface area (Å²) in [7, 11) is 4.66. The van der Waals surface area contributed by atoms with Crippen LogP contribution in [0.5, 0.6) is 0 Å². The first-order valence-corrected chi connectivity index (χ1v) is 11.7. The molecule has 0 spiro atoms. The highest BCUT2D eigenvalue weighted by Crippen LogP contribution is 2.28. The van der Waals surface area contributed by atoms with E-state index in [-0.39, 0.29) is 22.6 Å². The smallest absolute Gasteiger partial charge is 0.332 e. The fraction of sp³-hybridized carbons (Fsp3) is 0.522. The molecule has 0 aliphatic carbocycles. The summed E-state index contributed by atoms with van der Waals surface area (Å²) in [5, 5.41) is 0.652.